The van der Waals surface area contributed by atoms with Gasteiger partial charge in [-0.3, -0.25) is 4.79 Å². The third-order valence-electron chi connectivity index (χ3n) is 12.2. The van der Waals surface area contributed by atoms with E-state index in [9.17, 15) is 4.79 Å². The number of nitrogens with two attached hydrogens (primary N) is 2. The number of nitrogens with zero attached hydrogens (tertiary/aromatic N) is 2. The van der Waals surface area contributed by atoms with Crippen LogP contribution in [0.1, 0.15) is 81.9 Å². The molecule has 4 aromatic rings. The van der Waals surface area contributed by atoms with Crippen molar-refractivity contribution in [3.05, 3.63) is 132 Å². The minimum absolute atomic E-state index is 0. The largest absolute Gasteiger partial charge is 0.341 e. The molecule has 5 rings (SSSR count). The number of nitrogens with one attached hydrogen (secondary N) is 3. The molecule has 4 aromatic carbocycles. The highest BCUT2D eigenvalue weighted by Gasteiger charge is 2.30. The highest BCUT2D eigenvalue weighted by atomic mass is 35.5. The van der Waals surface area contributed by atoms with Gasteiger partial charge >= 0.3 is 0 Å². The molecule has 1 heterocycles. The van der Waals surface area contributed by atoms with Crippen molar-refractivity contribution >= 4 is 18.3 Å². The number of benzene rings is 4. The molecule has 10 heteroatoms. The molecule has 0 spiro atoms. The number of carbonyl (C=O) groups is 1. The fourth-order valence-electron chi connectivity index (χ4n) is 8.75. The lowest BCUT2D eigenvalue weighted by Crippen LogP contribution is -2.54. The SMILES string of the molecule is CC(C)C[C@H](CN[C@H](CCCCN)C(=O)N1CCC(N(C)C[C@@H](C)c2ccc(-c3ccccc3)c(F)c2)CC1)NC[C@@H](Cc1ccccc1)NC[C@H](N)Cc1ccccc1.Cl. The van der Waals surface area contributed by atoms with Crippen LogP contribution < -0.4 is 27.4 Å². The maximum absolute atomic E-state index is 15.2. The molecule has 1 aliphatic rings. The minimum Gasteiger partial charge on any atom is -0.341 e. The third-order valence-corrected chi connectivity index (χ3v) is 12.2. The third kappa shape index (κ3) is 16.9. The fourth-order valence-corrected chi connectivity index (χ4v) is 8.75. The normalized spacial score (nSPS) is 15.9. The van der Waals surface area contributed by atoms with Crippen LogP contribution in [0.15, 0.2) is 109 Å². The van der Waals surface area contributed by atoms with Crippen molar-refractivity contribution < 1.29 is 9.18 Å². The first-order valence-electron chi connectivity index (χ1n) is 22.7. The Bertz CT molecular complexity index is 1790. The van der Waals surface area contributed by atoms with E-state index in [0.717, 1.165) is 95.2 Å². The van der Waals surface area contributed by atoms with Crippen molar-refractivity contribution in [2.45, 2.75) is 108 Å². The van der Waals surface area contributed by atoms with Gasteiger partial charge in [0.15, 0.2) is 0 Å². The van der Waals surface area contributed by atoms with Crippen molar-refractivity contribution in [2.75, 3.05) is 52.9 Å². The van der Waals surface area contributed by atoms with Crippen LogP contribution in [-0.4, -0.2) is 98.8 Å². The van der Waals surface area contributed by atoms with Crippen molar-refractivity contribution in [1.29, 1.82) is 0 Å². The monoisotopic (exact) mass is 856 g/mol. The molecule has 1 saturated heterocycles. The summed E-state index contributed by atoms with van der Waals surface area (Å²) in [7, 11) is 2.17. The van der Waals surface area contributed by atoms with Gasteiger partial charge in [-0.2, -0.15) is 0 Å². The van der Waals surface area contributed by atoms with Gasteiger partial charge in [0.2, 0.25) is 5.91 Å². The number of likely N-dealkylation sites (tertiary alicyclic amines) is 1. The first-order chi connectivity index (χ1) is 29.1. The van der Waals surface area contributed by atoms with Crippen LogP contribution in [-0.2, 0) is 17.6 Å². The second-order valence-electron chi connectivity index (χ2n) is 17.7. The average Bonchev–Trinajstić information content (AvgIpc) is 3.26. The molecule has 8 nitrogen and oxygen atoms in total. The number of carbonyl (C=O) groups excluding carboxylic acids is 1. The first-order valence-corrected chi connectivity index (χ1v) is 22.7. The molecule has 0 aliphatic carbocycles. The van der Waals surface area contributed by atoms with Crippen molar-refractivity contribution in [3.63, 3.8) is 0 Å². The van der Waals surface area contributed by atoms with Gasteiger partial charge in [0.1, 0.15) is 5.82 Å². The van der Waals surface area contributed by atoms with E-state index in [1.54, 1.807) is 6.07 Å². The number of piperidine rings is 1. The fraction of sp³-hybridized carbons (Fsp3) is 0.510. The Morgan fingerprint density at radius 2 is 1.38 bits per heavy atom. The summed E-state index contributed by atoms with van der Waals surface area (Å²) in [6.07, 6.45) is 7.18. The van der Waals surface area contributed by atoms with E-state index < -0.39 is 0 Å². The molecular formula is C51H75ClFN7O. The maximum atomic E-state index is 15.2. The molecule has 0 aromatic heterocycles. The second-order valence-corrected chi connectivity index (χ2v) is 17.7. The number of unbranched alkanes of at least 4 members (excludes halogenated alkanes) is 1. The topological polar surface area (TPSA) is 112 Å². The number of amides is 1. The van der Waals surface area contributed by atoms with E-state index in [0.29, 0.717) is 30.6 Å². The Labute approximate surface area is 373 Å². The summed E-state index contributed by atoms with van der Waals surface area (Å²) >= 11 is 0. The lowest BCUT2D eigenvalue weighted by molar-refractivity contribution is -0.135. The Morgan fingerprint density at radius 3 is 1.98 bits per heavy atom. The van der Waals surface area contributed by atoms with Crippen LogP contribution in [0.5, 0.6) is 0 Å². The molecule has 1 amide bonds. The Kier molecular flexibility index (Phi) is 21.9. The number of hydrogen-bond donors (Lipinski definition) is 5. The summed E-state index contributed by atoms with van der Waals surface area (Å²) in [5, 5.41) is 11.5. The molecule has 334 valence electrons. The predicted molar refractivity (Wildman–Crippen MR) is 256 cm³/mol. The molecule has 1 aliphatic heterocycles. The van der Waals surface area contributed by atoms with Crippen LogP contribution in [0.3, 0.4) is 0 Å². The molecule has 0 unspecified atom stereocenters. The van der Waals surface area contributed by atoms with E-state index in [1.807, 2.05) is 42.5 Å². The van der Waals surface area contributed by atoms with E-state index in [-0.39, 0.29) is 54.2 Å². The molecule has 0 saturated carbocycles. The lowest BCUT2D eigenvalue weighted by atomic mass is 9.95. The Hall–Kier alpha value is -3.67. The zero-order valence-electron chi connectivity index (χ0n) is 37.3. The predicted octanol–water partition coefficient (Wildman–Crippen LogP) is 7.80. The maximum Gasteiger partial charge on any atom is 0.239 e. The number of hydrogen-bond acceptors (Lipinski definition) is 7. The zero-order chi connectivity index (χ0) is 42.7. The first kappa shape index (κ1) is 50.0. The van der Waals surface area contributed by atoms with Gasteiger partial charge in [0, 0.05) is 69.0 Å². The van der Waals surface area contributed by atoms with E-state index in [2.05, 4.69) is 114 Å². The standard InChI is InChI=1S/C51H74FN7O.ClH/c1-38(2)30-45(56-35-46(32-41-18-10-6-11-19-41)55-34-44(54)31-40-16-8-5-9-17-40)36-57-50(22-14-15-27-53)51(60)59-28-25-47(26-29-59)58(4)37-39(3)43-23-24-48(49(52)33-43)42-20-12-7-13-21-42;/h5-13,16-21,23-24,33,38-39,44-47,50,55-57H,14-15,22,25-32,34-37,53-54H2,1-4H3;1H/t39-,44-,45-,46-,50-;/m1./s1. The van der Waals surface area contributed by atoms with Crippen LogP contribution in [0, 0.1) is 11.7 Å². The molecule has 7 N–H and O–H groups in total. The minimum atomic E-state index is -0.245. The van der Waals surface area contributed by atoms with Crippen LogP contribution in [0.25, 0.3) is 11.1 Å². The van der Waals surface area contributed by atoms with E-state index in [1.165, 1.54) is 11.1 Å². The second kappa shape index (κ2) is 26.7. The van der Waals surface area contributed by atoms with Gasteiger partial charge in [-0.05, 0) is 98.7 Å². The van der Waals surface area contributed by atoms with Crippen LogP contribution >= 0.6 is 12.4 Å². The number of likely N-dealkylation sites (N-methyl/N-ethyl adjacent to an activating group) is 1. The highest BCUT2D eigenvalue weighted by molar-refractivity contribution is 5.85. The van der Waals surface area contributed by atoms with Gasteiger partial charge in [-0.25, -0.2) is 4.39 Å². The van der Waals surface area contributed by atoms with Crippen molar-refractivity contribution in [1.82, 2.24) is 25.8 Å². The molecule has 5 atom stereocenters. The van der Waals surface area contributed by atoms with Gasteiger partial charge in [-0.15, -0.1) is 12.4 Å². The molecule has 61 heavy (non-hydrogen) atoms. The Morgan fingerprint density at radius 1 is 0.787 bits per heavy atom. The van der Waals surface area contributed by atoms with Crippen molar-refractivity contribution in [2.24, 2.45) is 17.4 Å². The van der Waals surface area contributed by atoms with E-state index in [4.69, 9.17) is 11.5 Å². The van der Waals surface area contributed by atoms with Gasteiger partial charge in [0.05, 0.1) is 6.04 Å². The number of halogens is 2. The molecular weight excluding hydrogens is 781 g/mol. The van der Waals surface area contributed by atoms with Gasteiger partial charge < -0.3 is 37.2 Å². The van der Waals surface area contributed by atoms with E-state index >= 15 is 4.39 Å². The van der Waals surface area contributed by atoms with Gasteiger partial charge in [-0.1, -0.05) is 130 Å². The van der Waals surface area contributed by atoms with Crippen LogP contribution in [0.2, 0.25) is 0 Å². The zero-order valence-corrected chi connectivity index (χ0v) is 38.1. The lowest BCUT2D eigenvalue weighted by Gasteiger charge is -2.39. The molecule has 0 radical (unpaired) electrons. The summed E-state index contributed by atoms with van der Waals surface area (Å²) in [4.78, 5) is 18.7. The molecule has 0 bridgehead atoms. The average molecular weight is 857 g/mol. The Balaban J connectivity index is 0.00000819. The highest BCUT2D eigenvalue weighted by Crippen LogP contribution is 2.28. The molecule has 1 fully saturated rings. The summed E-state index contributed by atoms with van der Waals surface area (Å²) < 4.78 is 15.2. The smallest absolute Gasteiger partial charge is 0.239 e. The number of rotatable bonds is 25. The van der Waals surface area contributed by atoms with Crippen LogP contribution in [0.4, 0.5) is 4.39 Å². The summed E-state index contributed by atoms with van der Waals surface area (Å²) in [6, 6.07) is 37.1. The summed E-state index contributed by atoms with van der Waals surface area (Å²) in [5.41, 5.74) is 17.6. The van der Waals surface area contributed by atoms with Gasteiger partial charge in [0.25, 0.3) is 0 Å². The summed E-state index contributed by atoms with van der Waals surface area (Å²) in [5.74, 6) is 0.705. The summed E-state index contributed by atoms with van der Waals surface area (Å²) in [6.45, 7) is 11.9. The quantitative estimate of drug-likeness (QED) is 0.0433. The van der Waals surface area contributed by atoms with Crippen molar-refractivity contribution in [3.8, 4) is 11.1 Å².